The molecule has 2 heteroatoms. The molecule has 2 bridgehead atoms. The molecule has 1 aromatic rings. The zero-order valence-electron chi connectivity index (χ0n) is 11.8. The molecule has 0 radical (unpaired) electrons. The van der Waals surface area contributed by atoms with Gasteiger partial charge in [0.2, 0.25) is 0 Å². The van der Waals surface area contributed by atoms with E-state index in [0.717, 1.165) is 18.3 Å². The van der Waals surface area contributed by atoms with Gasteiger partial charge in [0.1, 0.15) is 0 Å². The van der Waals surface area contributed by atoms with Crippen molar-refractivity contribution in [3.8, 4) is 0 Å². The molecule has 3 unspecified atom stereocenters. The van der Waals surface area contributed by atoms with Crippen LogP contribution in [0.3, 0.4) is 0 Å². The van der Waals surface area contributed by atoms with Crippen molar-refractivity contribution in [1.82, 2.24) is 5.32 Å². The number of hydrogen-bond acceptors (Lipinski definition) is 2. The molecule has 1 saturated carbocycles. The summed E-state index contributed by atoms with van der Waals surface area (Å²) in [5.41, 5.74) is 3.11. The maximum absolute atomic E-state index is 9.43. The summed E-state index contributed by atoms with van der Waals surface area (Å²) in [6.45, 7) is 2.42. The summed E-state index contributed by atoms with van der Waals surface area (Å²) in [6.07, 6.45) is 6.13. The highest BCUT2D eigenvalue weighted by Gasteiger charge is 2.39. The van der Waals surface area contributed by atoms with Crippen molar-refractivity contribution in [2.24, 2.45) is 11.8 Å². The molecule has 1 aromatic carbocycles. The maximum Gasteiger partial charge on any atom is 0.0584 e. The molecule has 1 fully saturated rings. The Labute approximate surface area is 116 Å². The van der Waals surface area contributed by atoms with Crippen molar-refractivity contribution < 1.29 is 5.11 Å². The van der Waals surface area contributed by atoms with Gasteiger partial charge in [0.05, 0.1) is 6.61 Å². The summed E-state index contributed by atoms with van der Waals surface area (Å²) < 4.78 is 0. The zero-order chi connectivity index (χ0) is 13.2. The molecule has 2 aliphatic rings. The fraction of sp³-hybridized carbons (Fsp3) is 0.647. The molecule has 0 spiro atoms. The van der Waals surface area contributed by atoms with Gasteiger partial charge in [-0.25, -0.2) is 0 Å². The molecule has 3 atom stereocenters. The average molecular weight is 259 g/mol. The van der Waals surface area contributed by atoms with Crippen LogP contribution in [0.4, 0.5) is 0 Å². The Morgan fingerprint density at radius 2 is 1.74 bits per heavy atom. The highest BCUT2D eigenvalue weighted by Crippen LogP contribution is 2.40. The highest BCUT2D eigenvalue weighted by atomic mass is 16.3. The molecule has 2 aliphatic carbocycles. The molecule has 0 aromatic heterocycles. The van der Waals surface area contributed by atoms with E-state index < -0.39 is 0 Å². The van der Waals surface area contributed by atoms with E-state index in [-0.39, 0.29) is 12.6 Å². The lowest BCUT2D eigenvalue weighted by Gasteiger charge is -2.28. The SMILES string of the molecule is CCC(CO)NC1C2CCC1Cc1ccccc1C2. The molecule has 0 amide bonds. The minimum Gasteiger partial charge on any atom is -0.395 e. The molecule has 104 valence electrons. The van der Waals surface area contributed by atoms with Crippen LogP contribution < -0.4 is 5.32 Å². The van der Waals surface area contributed by atoms with Gasteiger partial charge in [-0.1, -0.05) is 31.2 Å². The Hall–Kier alpha value is -0.860. The van der Waals surface area contributed by atoms with E-state index >= 15 is 0 Å². The fourth-order valence-electron chi connectivity index (χ4n) is 3.99. The third kappa shape index (κ3) is 2.56. The average Bonchev–Trinajstić information content (AvgIpc) is 2.70. The van der Waals surface area contributed by atoms with Gasteiger partial charge in [-0.15, -0.1) is 0 Å². The molecule has 2 N–H and O–H groups in total. The van der Waals surface area contributed by atoms with Crippen LogP contribution in [0.1, 0.15) is 37.3 Å². The monoisotopic (exact) mass is 259 g/mol. The van der Waals surface area contributed by atoms with Crippen molar-refractivity contribution in [3.05, 3.63) is 35.4 Å². The van der Waals surface area contributed by atoms with E-state index in [4.69, 9.17) is 0 Å². The Morgan fingerprint density at radius 1 is 1.16 bits per heavy atom. The summed E-state index contributed by atoms with van der Waals surface area (Å²) in [6, 6.07) is 9.82. The number of benzene rings is 1. The third-order valence-corrected chi connectivity index (χ3v) is 5.15. The molecule has 0 aliphatic heterocycles. The van der Waals surface area contributed by atoms with Gasteiger partial charge in [0, 0.05) is 12.1 Å². The first-order chi connectivity index (χ1) is 9.31. The van der Waals surface area contributed by atoms with Gasteiger partial charge in [-0.05, 0) is 55.1 Å². The number of aliphatic hydroxyl groups excluding tert-OH is 1. The molecule has 19 heavy (non-hydrogen) atoms. The van der Waals surface area contributed by atoms with Crippen LogP contribution in [0.5, 0.6) is 0 Å². The summed E-state index contributed by atoms with van der Waals surface area (Å²) in [4.78, 5) is 0. The van der Waals surface area contributed by atoms with Crippen LogP contribution >= 0.6 is 0 Å². The van der Waals surface area contributed by atoms with Crippen LogP contribution in [-0.2, 0) is 12.8 Å². The standard InChI is InChI=1S/C17H25NO/c1-2-16(11-19)18-17-14-7-8-15(17)10-13-6-4-3-5-12(13)9-14/h3-6,14-19H,2,7-11H2,1H3. The number of fused-ring (bicyclic) bond motifs is 3. The second kappa shape index (κ2) is 5.64. The molecule has 3 rings (SSSR count). The van der Waals surface area contributed by atoms with Gasteiger partial charge < -0.3 is 10.4 Å². The number of hydrogen-bond donors (Lipinski definition) is 2. The minimum absolute atomic E-state index is 0.263. The number of nitrogens with one attached hydrogen (secondary N) is 1. The van der Waals surface area contributed by atoms with E-state index in [1.807, 2.05) is 0 Å². The van der Waals surface area contributed by atoms with Crippen molar-refractivity contribution in [3.63, 3.8) is 0 Å². The number of rotatable bonds is 4. The van der Waals surface area contributed by atoms with Crippen molar-refractivity contribution in [2.75, 3.05) is 6.61 Å². The van der Waals surface area contributed by atoms with E-state index in [0.29, 0.717) is 6.04 Å². The lowest BCUT2D eigenvalue weighted by molar-refractivity contribution is 0.205. The smallest absolute Gasteiger partial charge is 0.0584 e. The van der Waals surface area contributed by atoms with E-state index in [9.17, 15) is 5.11 Å². The lowest BCUT2D eigenvalue weighted by Crippen LogP contribution is -2.45. The largest absolute Gasteiger partial charge is 0.395 e. The molecule has 0 saturated heterocycles. The number of aliphatic hydroxyl groups is 1. The van der Waals surface area contributed by atoms with Crippen LogP contribution in [0.15, 0.2) is 24.3 Å². The first-order valence-electron chi connectivity index (χ1n) is 7.75. The normalized spacial score (nSPS) is 30.7. The third-order valence-electron chi connectivity index (χ3n) is 5.15. The van der Waals surface area contributed by atoms with Crippen LogP contribution in [0.2, 0.25) is 0 Å². The second-order valence-electron chi connectivity index (χ2n) is 6.25. The van der Waals surface area contributed by atoms with Crippen molar-refractivity contribution in [1.29, 1.82) is 0 Å². The Kier molecular flexibility index (Phi) is 3.90. The first kappa shape index (κ1) is 13.1. The van der Waals surface area contributed by atoms with Crippen LogP contribution in [0.25, 0.3) is 0 Å². The van der Waals surface area contributed by atoms with E-state index in [2.05, 4.69) is 36.5 Å². The van der Waals surface area contributed by atoms with Gasteiger partial charge in [0.25, 0.3) is 0 Å². The van der Waals surface area contributed by atoms with E-state index in [1.165, 1.54) is 25.7 Å². The molecule has 2 nitrogen and oxygen atoms in total. The Bertz CT molecular complexity index is 394. The Morgan fingerprint density at radius 3 is 2.21 bits per heavy atom. The van der Waals surface area contributed by atoms with Gasteiger partial charge in [-0.2, -0.15) is 0 Å². The topological polar surface area (TPSA) is 32.3 Å². The summed E-state index contributed by atoms with van der Waals surface area (Å²) in [5, 5.41) is 13.2. The van der Waals surface area contributed by atoms with Gasteiger partial charge >= 0.3 is 0 Å². The highest BCUT2D eigenvalue weighted by molar-refractivity contribution is 5.30. The Balaban J connectivity index is 1.79. The van der Waals surface area contributed by atoms with Crippen LogP contribution in [-0.4, -0.2) is 23.8 Å². The predicted molar refractivity (Wildman–Crippen MR) is 78.2 cm³/mol. The lowest BCUT2D eigenvalue weighted by atomic mass is 9.94. The summed E-state index contributed by atoms with van der Waals surface area (Å²) in [5.74, 6) is 1.52. The quantitative estimate of drug-likeness (QED) is 0.871. The minimum atomic E-state index is 0.263. The van der Waals surface area contributed by atoms with Crippen molar-refractivity contribution >= 4 is 0 Å². The molecular weight excluding hydrogens is 234 g/mol. The van der Waals surface area contributed by atoms with E-state index in [1.54, 1.807) is 11.1 Å². The summed E-state index contributed by atoms with van der Waals surface area (Å²) in [7, 11) is 0. The van der Waals surface area contributed by atoms with Gasteiger partial charge in [-0.3, -0.25) is 0 Å². The molecule has 0 heterocycles. The van der Waals surface area contributed by atoms with Gasteiger partial charge in [0.15, 0.2) is 0 Å². The summed E-state index contributed by atoms with van der Waals surface area (Å²) >= 11 is 0. The zero-order valence-corrected chi connectivity index (χ0v) is 11.8. The van der Waals surface area contributed by atoms with Crippen LogP contribution in [0, 0.1) is 11.8 Å². The first-order valence-corrected chi connectivity index (χ1v) is 7.75. The van der Waals surface area contributed by atoms with Crippen molar-refractivity contribution in [2.45, 2.75) is 51.1 Å². The second-order valence-corrected chi connectivity index (χ2v) is 6.25. The predicted octanol–water partition coefficient (Wildman–Crippen LogP) is 2.54. The maximum atomic E-state index is 9.43. The molecular formula is C17H25NO. The fourth-order valence-corrected chi connectivity index (χ4v) is 3.99.